The maximum Gasteiger partial charge on any atom is 0.220 e. The fourth-order valence-electron chi connectivity index (χ4n) is 7.58. The quantitative estimate of drug-likeness (QED) is 0.221. The molecule has 0 aliphatic rings. The van der Waals surface area contributed by atoms with Crippen molar-refractivity contribution in [3.8, 4) is 11.6 Å². The zero-order valence-electron chi connectivity index (χ0n) is 22.2. The Kier molecular flexibility index (Phi) is 3.54. The lowest BCUT2D eigenvalue weighted by Crippen LogP contribution is -2.05. The molecule has 0 saturated heterocycles. The van der Waals surface area contributed by atoms with Gasteiger partial charge in [-0.1, -0.05) is 54.6 Å². The largest absolute Gasteiger partial charge is 0.456 e. The van der Waals surface area contributed by atoms with E-state index in [0.717, 1.165) is 44.9 Å². The summed E-state index contributed by atoms with van der Waals surface area (Å²) in [5, 5.41) is 7.28. The van der Waals surface area contributed by atoms with Crippen molar-refractivity contribution in [2.24, 2.45) is 0 Å². The van der Waals surface area contributed by atoms with E-state index in [4.69, 9.17) is 9.40 Å². The highest BCUT2D eigenvalue weighted by Gasteiger charge is 2.27. The molecule has 0 saturated carbocycles. The molecule has 0 aliphatic heterocycles. The molecule has 5 heteroatoms. The lowest BCUT2D eigenvalue weighted by molar-refractivity contribution is 0.669. The average Bonchev–Trinajstić information content (AvgIpc) is 3.75. The third-order valence-corrected chi connectivity index (χ3v) is 9.16. The van der Waals surface area contributed by atoms with Crippen LogP contribution in [0.2, 0.25) is 0 Å². The third kappa shape index (κ3) is 2.29. The van der Waals surface area contributed by atoms with Crippen LogP contribution in [0.4, 0.5) is 0 Å². The number of para-hydroxylation sites is 4. The molecule has 6 aromatic carbocycles. The van der Waals surface area contributed by atoms with Crippen molar-refractivity contribution in [1.29, 1.82) is 0 Å². The molecule has 0 aliphatic carbocycles. The molecular formula is C37H20N4O. The van der Waals surface area contributed by atoms with E-state index in [1.54, 1.807) is 0 Å². The van der Waals surface area contributed by atoms with Gasteiger partial charge in [0.2, 0.25) is 5.95 Å². The summed E-state index contributed by atoms with van der Waals surface area (Å²) in [6, 6.07) is 43.0. The van der Waals surface area contributed by atoms with Crippen LogP contribution in [0.15, 0.2) is 126 Å². The molecule has 5 nitrogen and oxygen atoms in total. The van der Waals surface area contributed by atoms with Crippen LogP contribution < -0.4 is 0 Å². The highest BCUT2D eigenvalue weighted by molar-refractivity contribution is 6.37. The Balaban J connectivity index is 1.45. The van der Waals surface area contributed by atoms with Crippen LogP contribution in [0, 0.1) is 0 Å². The van der Waals surface area contributed by atoms with Crippen molar-refractivity contribution in [3.05, 3.63) is 121 Å². The van der Waals surface area contributed by atoms with Gasteiger partial charge in [0.1, 0.15) is 11.2 Å². The molecule has 0 spiro atoms. The Hall–Kier alpha value is -5.81. The first-order chi connectivity index (χ1) is 20.9. The zero-order chi connectivity index (χ0) is 27.1. The van der Waals surface area contributed by atoms with E-state index in [1.807, 2.05) is 0 Å². The maximum atomic E-state index is 6.55. The minimum absolute atomic E-state index is 0.870. The molecule has 0 N–H and O–H groups in total. The van der Waals surface area contributed by atoms with E-state index in [2.05, 4.69) is 135 Å². The predicted octanol–water partition coefficient (Wildman–Crippen LogP) is 9.46. The number of aromatic nitrogens is 4. The normalized spacial score (nSPS) is 12.8. The smallest absolute Gasteiger partial charge is 0.220 e. The molecule has 0 atom stereocenters. The number of benzene rings is 6. The number of furan rings is 1. The third-order valence-electron chi connectivity index (χ3n) is 9.16. The van der Waals surface area contributed by atoms with Crippen LogP contribution in [0.1, 0.15) is 0 Å². The summed E-state index contributed by atoms with van der Waals surface area (Å²) in [4.78, 5) is 5.28. The second-order valence-corrected chi connectivity index (χ2v) is 11.2. The summed E-state index contributed by atoms with van der Waals surface area (Å²) < 4.78 is 13.6. The minimum atomic E-state index is 0.870. The van der Waals surface area contributed by atoms with Gasteiger partial charge in [0.25, 0.3) is 0 Å². The Morgan fingerprint density at radius 3 is 2.10 bits per heavy atom. The van der Waals surface area contributed by atoms with Crippen LogP contribution >= 0.6 is 0 Å². The number of hydrogen-bond acceptors (Lipinski definition) is 2. The lowest BCUT2D eigenvalue weighted by atomic mass is 10.0. The van der Waals surface area contributed by atoms with Crippen molar-refractivity contribution >= 4 is 82.1 Å². The average molecular weight is 537 g/mol. The molecule has 0 bridgehead atoms. The van der Waals surface area contributed by atoms with Crippen LogP contribution in [0.5, 0.6) is 0 Å². The lowest BCUT2D eigenvalue weighted by Gasteiger charge is -2.12. The summed E-state index contributed by atoms with van der Waals surface area (Å²) in [5.74, 6) is 0.870. The Morgan fingerprint density at radius 2 is 1.17 bits per heavy atom. The van der Waals surface area contributed by atoms with Gasteiger partial charge in [-0.15, -0.1) is 0 Å². The summed E-state index contributed by atoms with van der Waals surface area (Å²) in [7, 11) is 0. The number of nitrogens with zero attached hydrogens (tertiary/aromatic N) is 4. The highest BCUT2D eigenvalue weighted by Crippen LogP contribution is 2.48. The van der Waals surface area contributed by atoms with Gasteiger partial charge in [0.05, 0.1) is 44.0 Å². The number of fused-ring (bicyclic) bond motifs is 5. The molecule has 0 unspecified atom stereocenters. The molecule has 42 heavy (non-hydrogen) atoms. The second-order valence-electron chi connectivity index (χ2n) is 11.2. The van der Waals surface area contributed by atoms with E-state index >= 15 is 0 Å². The van der Waals surface area contributed by atoms with Gasteiger partial charge in [-0.05, 0) is 66.7 Å². The molecule has 194 valence electrons. The number of rotatable bonds is 2. The Labute approximate surface area is 237 Å². The van der Waals surface area contributed by atoms with Crippen molar-refractivity contribution in [3.63, 3.8) is 0 Å². The first-order valence-electron chi connectivity index (χ1n) is 14.2. The van der Waals surface area contributed by atoms with Crippen LogP contribution in [0.25, 0.3) is 93.7 Å². The molecule has 0 fully saturated rings. The molecule has 5 aromatic heterocycles. The summed E-state index contributed by atoms with van der Waals surface area (Å²) in [6.45, 7) is 0. The van der Waals surface area contributed by atoms with E-state index in [1.165, 1.54) is 48.9 Å². The summed E-state index contributed by atoms with van der Waals surface area (Å²) in [6.07, 6.45) is 0. The van der Waals surface area contributed by atoms with Crippen LogP contribution in [-0.4, -0.2) is 18.5 Å². The summed E-state index contributed by atoms with van der Waals surface area (Å²) in [5.41, 5.74) is 10.8. The Morgan fingerprint density at radius 1 is 0.452 bits per heavy atom. The first kappa shape index (κ1) is 21.0. The molecule has 11 rings (SSSR count). The molecular weight excluding hydrogens is 516 g/mol. The predicted molar refractivity (Wildman–Crippen MR) is 171 cm³/mol. The van der Waals surface area contributed by atoms with Crippen LogP contribution in [0.3, 0.4) is 0 Å². The number of imidazole rings is 1. The van der Waals surface area contributed by atoms with Gasteiger partial charge in [-0.3, -0.25) is 9.13 Å². The van der Waals surface area contributed by atoms with Gasteiger partial charge >= 0.3 is 0 Å². The highest BCUT2D eigenvalue weighted by atomic mass is 16.3. The monoisotopic (exact) mass is 536 g/mol. The van der Waals surface area contributed by atoms with Gasteiger partial charge in [0.15, 0.2) is 0 Å². The van der Waals surface area contributed by atoms with Crippen molar-refractivity contribution in [2.45, 2.75) is 0 Å². The maximum absolute atomic E-state index is 6.55. The molecule has 5 heterocycles. The SMILES string of the molecule is c1ccc(-n2c(-n3c4ccc5oc6ccc7c8ccccc8n8c9cccc3c9c4c5c6c78)nc3ccccc32)cc1. The topological polar surface area (TPSA) is 40.3 Å². The zero-order valence-corrected chi connectivity index (χ0v) is 22.2. The summed E-state index contributed by atoms with van der Waals surface area (Å²) >= 11 is 0. The fraction of sp³-hybridized carbons (Fsp3) is 0. The van der Waals surface area contributed by atoms with Gasteiger partial charge in [-0.25, -0.2) is 4.98 Å². The molecule has 0 amide bonds. The minimum Gasteiger partial charge on any atom is -0.456 e. The van der Waals surface area contributed by atoms with Crippen molar-refractivity contribution in [1.82, 2.24) is 18.5 Å². The van der Waals surface area contributed by atoms with Crippen molar-refractivity contribution in [2.75, 3.05) is 0 Å². The van der Waals surface area contributed by atoms with E-state index in [-0.39, 0.29) is 0 Å². The number of hydrogen-bond donors (Lipinski definition) is 0. The van der Waals surface area contributed by atoms with E-state index in [9.17, 15) is 0 Å². The van der Waals surface area contributed by atoms with Gasteiger partial charge in [0, 0.05) is 32.6 Å². The first-order valence-corrected chi connectivity index (χ1v) is 14.2. The second kappa shape index (κ2) is 7.09. The van der Waals surface area contributed by atoms with Gasteiger partial charge in [-0.2, -0.15) is 0 Å². The molecule has 0 radical (unpaired) electrons. The van der Waals surface area contributed by atoms with Gasteiger partial charge < -0.3 is 8.82 Å². The standard InChI is InChI=1S/C37H20N4O/c1-2-9-21(10-3-1)39-26-14-7-5-12-24(26)38-37(39)41-28-16-8-15-27-32(28)33-29(41)18-20-30-34(33)35-31(42-30)19-17-23-22-11-4-6-13-25(22)40(27)36(23)35/h1-20H. The Bertz CT molecular complexity index is 2840. The fourth-order valence-corrected chi connectivity index (χ4v) is 7.58. The van der Waals surface area contributed by atoms with Crippen molar-refractivity contribution < 1.29 is 4.42 Å². The molecule has 11 aromatic rings. The van der Waals surface area contributed by atoms with Crippen LogP contribution in [-0.2, 0) is 0 Å². The van der Waals surface area contributed by atoms with E-state index < -0.39 is 0 Å². The van der Waals surface area contributed by atoms with E-state index in [0.29, 0.717) is 0 Å².